The molecule has 0 N–H and O–H groups in total. The molecule has 0 aliphatic carbocycles. The summed E-state index contributed by atoms with van der Waals surface area (Å²) < 4.78 is 62.0. The quantitative estimate of drug-likeness (QED) is 0.407. The first-order valence-electron chi connectivity index (χ1n) is 9.67. The number of halogens is 3. The van der Waals surface area contributed by atoms with E-state index in [1.165, 1.54) is 54.5 Å². The molecule has 1 amide bonds. The predicted octanol–water partition coefficient (Wildman–Crippen LogP) is 4.56. The highest BCUT2D eigenvalue weighted by molar-refractivity contribution is 7.87. The Bertz CT molecular complexity index is 1220. The molecular formula is C23H20ClF2NO5S. The van der Waals surface area contributed by atoms with E-state index in [4.69, 9.17) is 20.5 Å². The van der Waals surface area contributed by atoms with Crippen LogP contribution in [0.1, 0.15) is 11.1 Å². The lowest BCUT2D eigenvalue weighted by molar-refractivity contribution is -0.136. The Morgan fingerprint density at radius 2 is 1.55 bits per heavy atom. The fourth-order valence-corrected chi connectivity index (χ4v) is 4.14. The van der Waals surface area contributed by atoms with Crippen molar-refractivity contribution in [3.8, 4) is 5.75 Å². The third-order valence-electron chi connectivity index (χ3n) is 4.59. The highest BCUT2D eigenvalue weighted by Gasteiger charge is 2.22. The van der Waals surface area contributed by atoms with Crippen LogP contribution in [-0.4, -0.2) is 32.9 Å². The van der Waals surface area contributed by atoms with Gasteiger partial charge in [0.1, 0.15) is 28.9 Å². The van der Waals surface area contributed by atoms with Crippen molar-refractivity contribution in [1.82, 2.24) is 4.90 Å². The van der Waals surface area contributed by atoms with Crippen molar-refractivity contribution in [2.75, 3.05) is 13.7 Å². The normalized spacial score (nSPS) is 11.3. The van der Waals surface area contributed by atoms with Crippen molar-refractivity contribution in [2.24, 2.45) is 0 Å². The van der Waals surface area contributed by atoms with E-state index < -0.39 is 21.8 Å². The number of carbonyl (C=O) groups excluding carboxylic acids is 1. The van der Waals surface area contributed by atoms with Crippen LogP contribution in [0.5, 0.6) is 5.75 Å². The van der Waals surface area contributed by atoms with E-state index in [-0.39, 0.29) is 36.2 Å². The molecule has 0 heterocycles. The number of rotatable bonds is 9. The minimum absolute atomic E-state index is 0.0435. The molecule has 0 aliphatic rings. The molecule has 10 heteroatoms. The maximum atomic E-state index is 13.3. The van der Waals surface area contributed by atoms with E-state index in [2.05, 4.69) is 0 Å². The van der Waals surface area contributed by atoms with Crippen LogP contribution in [0, 0.1) is 11.6 Å². The number of hydrogen-bond donors (Lipinski definition) is 0. The summed E-state index contributed by atoms with van der Waals surface area (Å²) in [7, 11) is -2.90. The molecule has 0 fully saturated rings. The standard InChI is InChI=1S/C23H20ClF2NO5S/c1-31-15-23(28)27(13-16-2-5-19(25)6-3-16)14-17-12-18(24)4-11-22(17)32-33(29,30)21-9-7-20(26)8-10-21/h2-12H,13-15H2,1H3. The van der Waals surface area contributed by atoms with Gasteiger partial charge in [0.15, 0.2) is 0 Å². The van der Waals surface area contributed by atoms with Crippen molar-refractivity contribution >= 4 is 27.6 Å². The van der Waals surface area contributed by atoms with Gasteiger partial charge in [-0.2, -0.15) is 8.42 Å². The fraction of sp³-hybridized carbons (Fsp3) is 0.174. The summed E-state index contributed by atoms with van der Waals surface area (Å²) >= 11 is 6.11. The summed E-state index contributed by atoms with van der Waals surface area (Å²) in [6.07, 6.45) is 0. The van der Waals surface area contributed by atoms with Crippen molar-refractivity contribution in [2.45, 2.75) is 18.0 Å². The minimum atomic E-state index is -4.27. The molecule has 0 aromatic heterocycles. The first-order valence-corrected chi connectivity index (χ1v) is 11.5. The highest BCUT2D eigenvalue weighted by Crippen LogP contribution is 2.28. The lowest BCUT2D eigenvalue weighted by Gasteiger charge is -2.24. The largest absolute Gasteiger partial charge is 0.379 e. The average molecular weight is 496 g/mol. The first-order chi connectivity index (χ1) is 15.7. The van der Waals surface area contributed by atoms with Gasteiger partial charge in [-0.3, -0.25) is 4.79 Å². The SMILES string of the molecule is COCC(=O)N(Cc1ccc(F)cc1)Cc1cc(Cl)ccc1OS(=O)(=O)c1ccc(F)cc1. The number of methoxy groups -OCH3 is 1. The lowest BCUT2D eigenvalue weighted by Crippen LogP contribution is -2.33. The molecule has 0 aliphatic heterocycles. The van der Waals surface area contributed by atoms with Crippen molar-refractivity contribution in [1.29, 1.82) is 0 Å². The molecule has 0 saturated carbocycles. The molecule has 3 aromatic rings. The summed E-state index contributed by atoms with van der Waals surface area (Å²) in [5.74, 6) is -1.42. The van der Waals surface area contributed by atoms with Crippen LogP contribution in [0.2, 0.25) is 5.02 Å². The van der Waals surface area contributed by atoms with Gasteiger partial charge in [0.2, 0.25) is 5.91 Å². The molecule has 3 rings (SSSR count). The molecular weight excluding hydrogens is 476 g/mol. The highest BCUT2D eigenvalue weighted by atomic mass is 35.5. The van der Waals surface area contributed by atoms with Gasteiger partial charge >= 0.3 is 10.1 Å². The topological polar surface area (TPSA) is 72.9 Å². The van der Waals surface area contributed by atoms with Crippen LogP contribution in [0.3, 0.4) is 0 Å². The maximum Gasteiger partial charge on any atom is 0.339 e. The van der Waals surface area contributed by atoms with E-state index in [1.807, 2.05) is 0 Å². The fourth-order valence-electron chi connectivity index (χ4n) is 2.98. The zero-order valence-corrected chi connectivity index (χ0v) is 19.1. The Morgan fingerprint density at radius 1 is 0.939 bits per heavy atom. The number of nitrogens with zero attached hydrogens (tertiary/aromatic N) is 1. The Kier molecular flexibility index (Phi) is 8.01. The van der Waals surface area contributed by atoms with E-state index in [1.54, 1.807) is 0 Å². The molecule has 0 unspecified atom stereocenters. The van der Waals surface area contributed by atoms with Gasteiger partial charge < -0.3 is 13.8 Å². The summed E-state index contributed by atoms with van der Waals surface area (Å²) in [4.78, 5) is 13.8. The van der Waals surface area contributed by atoms with Crippen LogP contribution in [0.4, 0.5) is 8.78 Å². The lowest BCUT2D eigenvalue weighted by atomic mass is 10.1. The van der Waals surface area contributed by atoms with Crippen LogP contribution >= 0.6 is 11.6 Å². The zero-order chi connectivity index (χ0) is 24.0. The van der Waals surface area contributed by atoms with Gasteiger partial charge in [-0.25, -0.2) is 8.78 Å². The van der Waals surface area contributed by atoms with Crippen LogP contribution in [0.15, 0.2) is 71.6 Å². The van der Waals surface area contributed by atoms with Gasteiger partial charge in [0.25, 0.3) is 0 Å². The molecule has 0 bridgehead atoms. The Hall–Kier alpha value is -3.01. The van der Waals surface area contributed by atoms with Crippen molar-refractivity contribution in [3.05, 3.63) is 94.5 Å². The van der Waals surface area contributed by atoms with Gasteiger partial charge in [-0.15, -0.1) is 0 Å². The second-order valence-electron chi connectivity index (χ2n) is 7.05. The number of benzene rings is 3. The van der Waals surface area contributed by atoms with Crippen molar-refractivity contribution in [3.63, 3.8) is 0 Å². The Labute approximate surface area is 195 Å². The van der Waals surface area contributed by atoms with E-state index in [0.717, 1.165) is 24.3 Å². The van der Waals surface area contributed by atoms with E-state index in [0.29, 0.717) is 16.1 Å². The number of hydrogen-bond acceptors (Lipinski definition) is 5. The van der Waals surface area contributed by atoms with Crippen LogP contribution in [0.25, 0.3) is 0 Å². The molecule has 0 saturated heterocycles. The minimum Gasteiger partial charge on any atom is -0.379 e. The average Bonchev–Trinajstić information content (AvgIpc) is 2.77. The van der Waals surface area contributed by atoms with Crippen LogP contribution < -0.4 is 4.18 Å². The van der Waals surface area contributed by atoms with E-state index in [9.17, 15) is 22.0 Å². The molecule has 33 heavy (non-hydrogen) atoms. The second-order valence-corrected chi connectivity index (χ2v) is 9.04. The summed E-state index contributed by atoms with van der Waals surface area (Å²) in [5.41, 5.74) is 0.976. The third kappa shape index (κ3) is 6.74. The smallest absolute Gasteiger partial charge is 0.339 e. The summed E-state index contributed by atoms with van der Waals surface area (Å²) in [5, 5.41) is 0.303. The van der Waals surface area contributed by atoms with Crippen molar-refractivity contribution < 1.29 is 30.9 Å². The van der Waals surface area contributed by atoms with Gasteiger partial charge in [0, 0.05) is 30.8 Å². The molecule has 6 nitrogen and oxygen atoms in total. The molecule has 174 valence electrons. The van der Waals surface area contributed by atoms with Gasteiger partial charge in [0.05, 0.1) is 0 Å². The zero-order valence-electron chi connectivity index (χ0n) is 17.5. The molecule has 0 radical (unpaired) electrons. The van der Waals surface area contributed by atoms with Gasteiger partial charge in [-0.05, 0) is 60.2 Å². The predicted molar refractivity (Wildman–Crippen MR) is 118 cm³/mol. The van der Waals surface area contributed by atoms with Gasteiger partial charge in [-0.1, -0.05) is 23.7 Å². The number of carbonyl (C=O) groups is 1. The summed E-state index contributed by atoms with van der Waals surface area (Å²) in [6, 6.07) is 14.1. The molecule has 0 spiro atoms. The molecule has 3 aromatic carbocycles. The number of ether oxygens (including phenoxy) is 1. The Balaban J connectivity index is 1.91. The number of amides is 1. The summed E-state index contributed by atoms with van der Waals surface area (Å²) in [6.45, 7) is -0.167. The van der Waals surface area contributed by atoms with Crippen LogP contribution in [-0.2, 0) is 32.7 Å². The third-order valence-corrected chi connectivity index (χ3v) is 6.08. The first kappa shape index (κ1) is 24.6. The molecule has 0 atom stereocenters. The van der Waals surface area contributed by atoms with E-state index >= 15 is 0 Å². The second kappa shape index (κ2) is 10.7. The monoisotopic (exact) mass is 495 g/mol. The Morgan fingerprint density at radius 3 is 2.15 bits per heavy atom. The maximum absolute atomic E-state index is 13.3.